The third-order valence-corrected chi connectivity index (χ3v) is 8.46. The van der Waals surface area contributed by atoms with Crippen molar-refractivity contribution in [2.45, 2.75) is 30.4 Å². The highest BCUT2D eigenvalue weighted by molar-refractivity contribution is 7.86. The van der Waals surface area contributed by atoms with Gasteiger partial charge in [0.1, 0.15) is 23.7 Å². The van der Waals surface area contributed by atoms with Crippen molar-refractivity contribution in [2.24, 2.45) is 0 Å². The van der Waals surface area contributed by atoms with Crippen LogP contribution in [0.5, 0.6) is 0 Å². The molecular weight excluding hydrogens is 510 g/mol. The molecule has 2 saturated heterocycles. The normalized spacial score (nSPS) is 22.6. The van der Waals surface area contributed by atoms with Gasteiger partial charge < -0.3 is 19.7 Å². The van der Waals surface area contributed by atoms with E-state index >= 15 is 0 Å². The molecule has 0 saturated carbocycles. The van der Waals surface area contributed by atoms with Gasteiger partial charge in [0, 0.05) is 18.7 Å². The minimum atomic E-state index is -1.64. The fraction of sp³-hybridized carbons (Fsp3) is 0.333. The number of esters is 1. The molecule has 1 unspecified atom stereocenters. The summed E-state index contributed by atoms with van der Waals surface area (Å²) >= 11 is 0. The maximum atomic E-state index is 13.8. The van der Waals surface area contributed by atoms with E-state index in [4.69, 9.17) is 9.47 Å². The molecule has 2 aromatic rings. The summed E-state index contributed by atoms with van der Waals surface area (Å²) in [6.45, 7) is 0.857. The zero-order valence-electron chi connectivity index (χ0n) is 20.5. The van der Waals surface area contributed by atoms with Crippen LogP contribution in [0, 0.1) is 0 Å². The Morgan fingerprint density at radius 1 is 1.03 bits per heavy atom. The Balaban J connectivity index is 1.47. The van der Waals surface area contributed by atoms with Crippen molar-refractivity contribution in [3.05, 3.63) is 83.1 Å². The molecule has 0 radical (unpaired) electrons. The first-order valence-corrected chi connectivity index (χ1v) is 13.7. The van der Waals surface area contributed by atoms with E-state index in [9.17, 15) is 23.4 Å². The zero-order valence-corrected chi connectivity index (χ0v) is 21.3. The Bertz CT molecular complexity index is 1240. The molecule has 3 aliphatic rings. The Kier molecular flexibility index (Phi) is 7.54. The van der Waals surface area contributed by atoms with Crippen LogP contribution in [0.2, 0.25) is 0 Å². The molecule has 198 valence electrons. The van der Waals surface area contributed by atoms with Crippen molar-refractivity contribution in [3.63, 3.8) is 0 Å². The Morgan fingerprint density at radius 3 is 2.21 bits per heavy atom. The zero-order chi connectivity index (χ0) is 26.6. The van der Waals surface area contributed by atoms with E-state index in [-0.39, 0.29) is 23.6 Å². The van der Waals surface area contributed by atoms with Crippen LogP contribution in [0.15, 0.2) is 71.9 Å². The predicted molar refractivity (Wildman–Crippen MR) is 137 cm³/mol. The van der Waals surface area contributed by atoms with E-state index < -0.39 is 46.3 Å². The minimum absolute atomic E-state index is 0.102. The number of hydrogen-bond donors (Lipinski definition) is 1. The van der Waals surface area contributed by atoms with Crippen LogP contribution in [-0.2, 0) is 34.7 Å². The third kappa shape index (κ3) is 4.93. The molecular formula is C27H27N3O7S. The molecule has 3 heterocycles. The molecule has 0 bridgehead atoms. The molecule has 11 heteroatoms. The SMILES string of the molecule is O=CN[C@@H]1C(=O)N2C(C(=O)OC(c3ccccc3)c3ccccc3)=C(COC(=O)N3CCCC3)CS(=O)[C@H]12. The number of nitrogens with one attached hydrogen (secondary N) is 1. The van der Waals surface area contributed by atoms with Crippen LogP contribution in [0.25, 0.3) is 0 Å². The molecule has 0 spiro atoms. The quantitative estimate of drug-likeness (QED) is 0.310. The number of benzene rings is 2. The summed E-state index contributed by atoms with van der Waals surface area (Å²) < 4.78 is 24.5. The van der Waals surface area contributed by atoms with Crippen molar-refractivity contribution in [1.29, 1.82) is 0 Å². The molecule has 3 amide bonds. The van der Waals surface area contributed by atoms with Crippen LogP contribution >= 0.6 is 0 Å². The molecule has 10 nitrogen and oxygen atoms in total. The maximum Gasteiger partial charge on any atom is 0.410 e. The summed E-state index contributed by atoms with van der Waals surface area (Å²) in [7, 11) is -1.64. The number of carbonyl (C=O) groups is 4. The van der Waals surface area contributed by atoms with Gasteiger partial charge in [-0.05, 0) is 24.0 Å². The first-order chi connectivity index (χ1) is 18.5. The summed E-state index contributed by atoms with van der Waals surface area (Å²) in [5.74, 6) is -1.50. The summed E-state index contributed by atoms with van der Waals surface area (Å²) in [6.07, 6.45) is 0.825. The highest BCUT2D eigenvalue weighted by Crippen LogP contribution is 2.37. The number of ether oxygens (including phenoxy) is 2. The van der Waals surface area contributed by atoms with Crippen LogP contribution in [0.1, 0.15) is 30.1 Å². The van der Waals surface area contributed by atoms with Gasteiger partial charge in [0.15, 0.2) is 6.10 Å². The summed E-state index contributed by atoms with van der Waals surface area (Å²) in [5.41, 5.74) is 1.58. The molecule has 0 aliphatic carbocycles. The lowest BCUT2D eigenvalue weighted by atomic mass is 10.0. The van der Waals surface area contributed by atoms with Gasteiger partial charge in [0.2, 0.25) is 6.41 Å². The Morgan fingerprint density at radius 2 is 1.63 bits per heavy atom. The van der Waals surface area contributed by atoms with E-state index in [2.05, 4.69) is 5.32 Å². The fourth-order valence-corrected chi connectivity index (χ4v) is 6.61. The average Bonchev–Trinajstić information content (AvgIpc) is 3.49. The lowest BCUT2D eigenvalue weighted by Crippen LogP contribution is -2.73. The van der Waals surface area contributed by atoms with Gasteiger partial charge >= 0.3 is 12.1 Å². The number of rotatable bonds is 8. The van der Waals surface area contributed by atoms with Crippen molar-refractivity contribution in [2.75, 3.05) is 25.4 Å². The third-order valence-electron chi connectivity index (χ3n) is 6.81. The van der Waals surface area contributed by atoms with Crippen molar-refractivity contribution in [3.8, 4) is 0 Å². The monoisotopic (exact) mass is 537 g/mol. The summed E-state index contributed by atoms with van der Waals surface area (Å²) in [6, 6.07) is 17.3. The van der Waals surface area contributed by atoms with E-state index in [1.807, 2.05) is 60.7 Å². The van der Waals surface area contributed by atoms with Gasteiger partial charge in [-0.1, -0.05) is 60.7 Å². The second kappa shape index (κ2) is 11.2. The highest BCUT2D eigenvalue weighted by Gasteiger charge is 2.57. The van der Waals surface area contributed by atoms with Gasteiger partial charge in [-0.15, -0.1) is 0 Å². The predicted octanol–water partition coefficient (Wildman–Crippen LogP) is 1.85. The van der Waals surface area contributed by atoms with Crippen LogP contribution in [0.4, 0.5) is 4.79 Å². The average molecular weight is 538 g/mol. The molecule has 3 atom stereocenters. The van der Waals surface area contributed by atoms with Gasteiger partial charge in [-0.2, -0.15) is 0 Å². The van der Waals surface area contributed by atoms with Crippen molar-refractivity contribution < 1.29 is 32.9 Å². The molecule has 5 rings (SSSR count). The molecule has 38 heavy (non-hydrogen) atoms. The first-order valence-electron chi connectivity index (χ1n) is 12.3. The Hall–Kier alpha value is -3.99. The second-order valence-corrected chi connectivity index (χ2v) is 10.7. The number of β-lactam (4-membered cyclic amide) rings is 1. The van der Waals surface area contributed by atoms with E-state index in [0.717, 1.165) is 28.9 Å². The summed E-state index contributed by atoms with van der Waals surface area (Å²) in [4.78, 5) is 53.0. The van der Waals surface area contributed by atoms with Gasteiger partial charge in [0.25, 0.3) is 5.91 Å². The fourth-order valence-electron chi connectivity index (χ4n) is 4.93. The highest BCUT2D eigenvalue weighted by atomic mass is 32.2. The number of nitrogens with zero attached hydrogens (tertiary/aromatic N) is 2. The standard InChI is InChI=1S/C27H27N3O7S/c31-17-28-21-24(32)30-22(20(16-38(35)25(21)30)15-36-27(34)29-13-7-8-14-29)26(33)37-23(18-9-3-1-4-10-18)19-11-5-2-6-12-19/h1-6,9-12,17,21,23,25H,7-8,13-16H2,(H,28,31)/t21-,25-,38?/m1/s1. The first kappa shape index (κ1) is 25.7. The topological polar surface area (TPSA) is 122 Å². The van der Waals surface area contributed by atoms with Gasteiger partial charge in [-0.3, -0.25) is 18.7 Å². The Labute approximate surface area is 222 Å². The lowest BCUT2D eigenvalue weighted by Gasteiger charge is -2.49. The van der Waals surface area contributed by atoms with E-state index in [1.165, 1.54) is 0 Å². The second-order valence-electron chi connectivity index (χ2n) is 9.19. The lowest BCUT2D eigenvalue weighted by molar-refractivity contribution is -0.154. The van der Waals surface area contributed by atoms with Gasteiger partial charge in [0.05, 0.1) is 16.6 Å². The van der Waals surface area contributed by atoms with E-state index in [0.29, 0.717) is 19.5 Å². The molecule has 1 N–H and O–H groups in total. The van der Waals surface area contributed by atoms with Crippen LogP contribution in [0.3, 0.4) is 0 Å². The smallest absolute Gasteiger partial charge is 0.410 e. The number of carbonyl (C=O) groups excluding carboxylic acids is 4. The van der Waals surface area contributed by atoms with Crippen molar-refractivity contribution in [1.82, 2.24) is 15.1 Å². The molecule has 0 aromatic heterocycles. The van der Waals surface area contributed by atoms with E-state index in [1.54, 1.807) is 4.90 Å². The number of likely N-dealkylation sites (tertiary alicyclic amines) is 1. The van der Waals surface area contributed by atoms with Crippen LogP contribution in [-0.4, -0.2) is 75.3 Å². The maximum absolute atomic E-state index is 13.8. The minimum Gasteiger partial charge on any atom is -0.448 e. The largest absolute Gasteiger partial charge is 0.448 e. The van der Waals surface area contributed by atoms with Crippen molar-refractivity contribution >= 4 is 35.2 Å². The van der Waals surface area contributed by atoms with Crippen LogP contribution < -0.4 is 5.32 Å². The molecule has 2 aromatic carbocycles. The molecule has 2 fully saturated rings. The summed E-state index contributed by atoms with van der Waals surface area (Å²) in [5, 5.41) is 1.47. The number of amides is 3. The van der Waals surface area contributed by atoms with Gasteiger partial charge in [-0.25, -0.2) is 9.59 Å². The number of hydrogen-bond acceptors (Lipinski definition) is 7. The molecule has 3 aliphatic heterocycles. The number of fused-ring (bicyclic) bond motifs is 1.